The number of carbonyl (C=O) groups excluding carboxylic acids is 1. The molecule has 0 amide bonds. The van der Waals surface area contributed by atoms with Crippen molar-refractivity contribution in [1.29, 1.82) is 0 Å². The molecule has 84 valence electrons. The molecule has 0 bridgehead atoms. The van der Waals surface area contributed by atoms with E-state index in [2.05, 4.69) is 12.3 Å². The van der Waals surface area contributed by atoms with E-state index in [0.717, 1.165) is 18.4 Å². The smallest absolute Gasteiger partial charge is 0.338 e. The maximum atomic E-state index is 11.5. The number of esters is 1. The molecule has 0 saturated heterocycles. The van der Waals surface area contributed by atoms with Gasteiger partial charge in [0, 0.05) is 0 Å². The average molecular weight is 216 g/mol. The Kier molecular flexibility index (Phi) is 5.10. The van der Waals surface area contributed by atoms with Gasteiger partial charge in [-0.2, -0.15) is 0 Å². The van der Waals surface area contributed by atoms with Crippen molar-refractivity contribution in [3.63, 3.8) is 0 Å². The molecule has 0 fully saturated rings. The Morgan fingerprint density at radius 3 is 2.69 bits per heavy atom. The standard InChI is InChI=1S/C14H16O2/c1-3-12(2)8-7-11-16-14(15)13-9-5-4-6-10-13/h4-6,9-10H,1,7-8,11H2,2H3. The molecule has 0 N–H and O–H groups in total. The van der Waals surface area contributed by atoms with E-state index in [1.165, 1.54) is 0 Å². The molecule has 16 heavy (non-hydrogen) atoms. The predicted octanol–water partition coefficient (Wildman–Crippen LogP) is 3.35. The zero-order valence-electron chi connectivity index (χ0n) is 9.53. The van der Waals surface area contributed by atoms with E-state index < -0.39 is 0 Å². The summed E-state index contributed by atoms with van der Waals surface area (Å²) in [5.41, 5.74) is 4.50. The molecule has 0 atom stereocenters. The molecule has 1 aromatic rings. The fourth-order valence-corrected chi connectivity index (χ4v) is 1.25. The van der Waals surface area contributed by atoms with Gasteiger partial charge in [-0.1, -0.05) is 24.8 Å². The number of carbonyl (C=O) groups is 1. The van der Waals surface area contributed by atoms with E-state index in [1.54, 1.807) is 12.1 Å². The van der Waals surface area contributed by atoms with E-state index in [4.69, 9.17) is 4.74 Å². The maximum absolute atomic E-state index is 11.5. The fraction of sp³-hybridized carbons (Fsp3) is 0.286. The number of rotatable bonds is 5. The Hall–Kier alpha value is -1.79. The summed E-state index contributed by atoms with van der Waals surface area (Å²) < 4.78 is 5.12. The molecule has 0 aromatic heterocycles. The number of allylic oxidation sites excluding steroid dienone is 1. The van der Waals surface area contributed by atoms with Gasteiger partial charge in [-0.25, -0.2) is 4.79 Å². The minimum absolute atomic E-state index is 0.263. The Balaban J connectivity index is 2.29. The van der Waals surface area contributed by atoms with Crippen LogP contribution < -0.4 is 0 Å². The second-order valence-corrected chi connectivity index (χ2v) is 3.56. The third-order valence-electron chi connectivity index (χ3n) is 2.24. The number of hydrogen-bond acceptors (Lipinski definition) is 2. The molecule has 0 aliphatic carbocycles. The lowest BCUT2D eigenvalue weighted by Gasteiger charge is -2.04. The molecular weight excluding hydrogens is 200 g/mol. The first-order chi connectivity index (χ1) is 7.74. The zero-order valence-corrected chi connectivity index (χ0v) is 9.53. The largest absolute Gasteiger partial charge is 0.462 e. The van der Waals surface area contributed by atoms with Gasteiger partial charge >= 0.3 is 5.97 Å². The lowest BCUT2D eigenvalue weighted by molar-refractivity contribution is 0.0500. The molecule has 0 spiro atoms. The molecule has 0 radical (unpaired) electrons. The number of hydrogen-bond donors (Lipinski definition) is 0. The van der Waals surface area contributed by atoms with Crippen molar-refractivity contribution >= 4 is 5.97 Å². The Morgan fingerprint density at radius 1 is 1.38 bits per heavy atom. The van der Waals surface area contributed by atoms with E-state index >= 15 is 0 Å². The second kappa shape index (κ2) is 6.65. The summed E-state index contributed by atoms with van der Waals surface area (Å²) >= 11 is 0. The Bertz CT molecular complexity index is 386. The van der Waals surface area contributed by atoms with Crippen LogP contribution in [-0.2, 0) is 4.74 Å². The number of benzene rings is 1. The van der Waals surface area contributed by atoms with E-state index in [1.807, 2.05) is 25.1 Å². The van der Waals surface area contributed by atoms with Gasteiger partial charge in [0.05, 0.1) is 12.2 Å². The van der Waals surface area contributed by atoms with Gasteiger partial charge < -0.3 is 4.74 Å². The van der Waals surface area contributed by atoms with Crippen LogP contribution in [0.25, 0.3) is 0 Å². The quantitative estimate of drug-likeness (QED) is 0.428. The minimum atomic E-state index is -0.263. The minimum Gasteiger partial charge on any atom is -0.462 e. The molecule has 1 rings (SSSR count). The van der Waals surface area contributed by atoms with Gasteiger partial charge in [0.25, 0.3) is 0 Å². The maximum Gasteiger partial charge on any atom is 0.338 e. The van der Waals surface area contributed by atoms with E-state index in [9.17, 15) is 4.79 Å². The molecule has 2 nitrogen and oxygen atoms in total. The lowest BCUT2D eigenvalue weighted by Crippen LogP contribution is -2.06. The van der Waals surface area contributed by atoms with Gasteiger partial charge in [-0.15, -0.1) is 5.73 Å². The van der Waals surface area contributed by atoms with Gasteiger partial charge in [0.15, 0.2) is 0 Å². The van der Waals surface area contributed by atoms with Gasteiger partial charge in [-0.05, 0) is 37.5 Å². The normalized spacial score (nSPS) is 9.31. The molecule has 0 saturated carbocycles. The van der Waals surface area contributed by atoms with E-state index in [0.29, 0.717) is 12.2 Å². The van der Waals surface area contributed by atoms with Crippen molar-refractivity contribution in [3.05, 3.63) is 53.8 Å². The lowest BCUT2D eigenvalue weighted by atomic mass is 10.2. The summed E-state index contributed by atoms with van der Waals surface area (Å²) in [6.45, 7) is 5.95. The molecule has 2 heteroatoms. The third-order valence-corrected chi connectivity index (χ3v) is 2.24. The van der Waals surface area contributed by atoms with Crippen molar-refractivity contribution in [2.75, 3.05) is 6.61 Å². The van der Waals surface area contributed by atoms with Gasteiger partial charge in [0.2, 0.25) is 0 Å². The highest BCUT2D eigenvalue weighted by atomic mass is 16.5. The van der Waals surface area contributed by atoms with Gasteiger partial charge in [-0.3, -0.25) is 0 Å². The van der Waals surface area contributed by atoms with Gasteiger partial charge in [0.1, 0.15) is 0 Å². The summed E-state index contributed by atoms with van der Waals surface area (Å²) in [6.07, 6.45) is 1.68. The van der Waals surface area contributed by atoms with Crippen LogP contribution in [0, 0.1) is 0 Å². The first kappa shape index (κ1) is 12.3. The summed E-state index contributed by atoms with van der Waals surface area (Å²) in [6, 6.07) is 9.01. The van der Waals surface area contributed by atoms with Crippen molar-refractivity contribution in [2.24, 2.45) is 0 Å². The number of ether oxygens (including phenoxy) is 1. The van der Waals surface area contributed by atoms with Crippen molar-refractivity contribution in [1.82, 2.24) is 0 Å². The molecular formula is C14H16O2. The molecule has 0 heterocycles. The molecule has 0 unspecified atom stereocenters. The van der Waals surface area contributed by atoms with E-state index in [-0.39, 0.29) is 5.97 Å². The fourth-order valence-electron chi connectivity index (χ4n) is 1.25. The van der Waals surface area contributed by atoms with Crippen LogP contribution in [0.15, 0.2) is 48.2 Å². The van der Waals surface area contributed by atoms with Crippen LogP contribution in [0.2, 0.25) is 0 Å². The van der Waals surface area contributed by atoms with Crippen LogP contribution in [0.5, 0.6) is 0 Å². The SMILES string of the molecule is C=C=C(C)CCCOC(=O)c1ccccc1. The summed E-state index contributed by atoms with van der Waals surface area (Å²) in [5, 5.41) is 0. The molecule has 0 aliphatic heterocycles. The summed E-state index contributed by atoms with van der Waals surface area (Å²) in [5.74, 6) is -0.263. The first-order valence-electron chi connectivity index (χ1n) is 5.31. The van der Waals surface area contributed by atoms with Crippen molar-refractivity contribution in [3.8, 4) is 0 Å². The van der Waals surface area contributed by atoms with Crippen molar-refractivity contribution in [2.45, 2.75) is 19.8 Å². The van der Waals surface area contributed by atoms with Crippen LogP contribution in [0.4, 0.5) is 0 Å². The molecule has 0 aliphatic rings. The average Bonchev–Trinajstić information content (AvgIpc) is 2.35. The first-order valence-corrected chi connectivity index (χ1v) is 5.31. The highest BCUT2D eigenvalue weighted by molar-refractivity contribution is 5.89. The zero-order chi connectivity index (χ0) is 11.8. The van der Waals surface area contributed by atoms with Crippen LogP contribution in [0.1, 0.15) is 30.1 Å². The summed E-state index contributed by atoms with van der Waals surface area (Å²) in [7, 11) is 0. The molecule has 1 aromatic carbocycles. The highest BCUT2D eigenvalue weighted by Crippen LogP contribution is 2.04. The summed E-state index contributed by atoms with van der Waals surface area (Å²) in [4.78, 5) is 11.5. The second-order valence-electron chi connectivity index (χ2n) is 3.56. The Morgan fingerprint density at radius 2 is 2.06 bits per heavy atom. The highest BCUT2D eigenvalue weighted by Gasteiger charge is 2.04. The Labute approximate surface area is 96.2 Å². The topological polar surface area (TPSA) is 26.3 Å². The predicted molar refractivity (Wildman–Crippen MR) is 64.3 cm³/mol. The van der Waals surface area contributed by atoms with Crippen molar-refractivity contribution < 1.29 is 9.53 Å². The van der Waals surface area contributed by atoms with Crippen LogP contribution in [0.3, 0.4) is 0 Å². The monoisotopic (exact) mass is 216 g/mol. The third kappa shape index (κ3) is 4.16. The van der Waals surface area contributed by atoms with Crippen LogP contribution in [-0.4, -0.2) is 12.6 Å². The van der Waals surface area contributed by atoms with Crippen LogP contribution >= 0.6 is 0 Å².